The molecule has 74 heavy (non-hydrogen) atoms. The quantitative estimate of drug-likeness (QED) is 0.0197. The first-order valence-electron chi connectivity index (χ1n) is 29.5. The lowest BCUT2D eigenvalue weighted by atomic mass is 10.0. The summed E-state index contributed by atoms with van der Waals surface area (Å²) in [6, 6.07) is 0. The summed E-state index contributed by atoms with van der Waals surface area (Å²) in [6.45, 7) is 4.35. The van der Waals surface area contributed by atoms with Crippen molar-refractivity contribution in [2.24, 2.45) is 0 Å². The molecule has 11 nitrogen and oxygen atoms in total. The van der Waals surface area contributed by atoms with Gasteiger partial charge in [-0.25, -0.2) is 4.57 Å². The summed E-state index contributed by atoms with van der Waals surface area (Å²) in [5.41, 5.74) is 0. The van der Waals surface area contributed by atoms with Crippen LogP contribution in [0.5, 0.6) is 0 Å². The Morgan fingerprint density at radius 1 is 0.392 bits per heavy atom. The van der Waals surface area contributed by atoms with Crippen LogP contribution in [0.25, 0.3) is 0 Å². The number of carbonyl (C=O) groups is 3. The van der Waals surface area contributed by atoms with E-state index in [-0.39, 0.29) is 25.9 Å². The number of phosphoric acid groups is 1. The summed E-state index contributed by atoms with van der Waals surface area (Å²) in [6.07, 6.45) is 64.1. The van der Waals surface area contributed by atoms with Gasteiger partial charge in [0.15, 0.2) is 6.10 Å². The number of aliphatic hydroxyl groups is 1. The first-order valence-corrected chi connectivity index (χ1v) is 31.0. The number of allylic oxidation sites excluding steroid dienone is 14. The minimum Gasteiger partial charge on any atom is -0.462 e. The Labute approximate surface area is 451 Å². The molecule has 0 aromatic carbocycles. The van der Waals surface area contributed by atoms with Gasteiger partial charge in [0.2, 0.25) is 0 Å². The maximum atomic E-state index is 12.9. The molecule has 426 valence electrons. The highest BCUT2D eigenvalue weighted by Gasteiger charge is 2.28. The average Bonchev–Trinajstić information content (AvgIpc) is 3.39. The van der Waals surface area contributed by atoms with Crippen LogP contribution in [0, 0.1) is 0 Å². The smallest absolute Gasteiger partial charge is 0.462 e. The molecule has 0 bridgehead atoms. The summed E-state index contributed by atoms with van der Waals surface area (Å²) < 4.78 is 39.5. The van der Waals surface area contributed by atoms with Crippen molar-refractivity contribution in [3.63, 3.8) is 0 Å². The zero-order valence-corrected chi connectivity index (χ0v) is 47.9. The Morgan fingerprint density at radius 2 is 0.703 bits per heavy atom. The Bertz CT molecular complexity index is 1560. The minimum atomic E-state index is -4.77. The number of hydrogen-bond acceptors (Lipinski definition) is 10. The maximum absolute atomic E-state index is 12.9. The fraction of sp³-hybridized carbons (Fsp3) is 0.726. The number of esters is 3. The van der Waals surface area contributed by atoms with Gasteiger partial charge in [0.1, 0.15) is 12.7 Å². The summed E-state index contributed by atoms with van der Waals surface area (Å²) >= 11 is 0. The van der Waals surface area contributed by atoms with Crippen molar-refractivity contribution >= 4 is 25.7 Å². The van der Waals surface area contributed by atoms with Gasteiger partial charge < -0.3 is 24.2 Å². The molecule has 0 aliphatic rings. The van der Waals surface area contributed by atoms with Crippen LogP contribution < -0.4 is 0 Å². The van der Waals surface area contributed by atoms with Crippen LogP contribution in [-0.2, 0) is 42.2 Å². The van der Waals surface area contributed by atoms with Crippen LogP contribution in [0.15, 0.2) is 85.1 Å². The lowest BCUT2D eigenvalue weighted by Gasteiger charge is -2.21. The van der Waals surface area contributed by atoms with Crippen LogP contribution >= 0.6 is 7.82 Å². The summed E-state index contributed by atoms with van der Waals surface area (Å²) in [5.74, 6) is -1.54. The lowest BCUT2D eigenvalue weighted by Crippen LogP contribution is -2.30. The highest BCUT2D eigenvalue weighted by atomic mass is 31.2. The Hall–Kier alpha value is -3.34. The highest BCUT2D eigenvalue weighted by Crippen LogP contribution is 2.43. The van der Waals surface area contributed by atoms with Crippen molar-refractivity contribution < 1.29 is 52.2 Å². The number of aliphatic hydroxyl groups excluding tert-OH is 1. The third-order valence-corrected chi connectivity index (χ3v) is 13.3. The third-order valence-electron chi connectivity index (χ3n) is 12.3. The van der Waals surface area contributed by atoms with Gasteiger partial charge >= 0.3 is 25.7 Å². The molecule has 0 amide bonds. The van der Waals surface area contributed by atoms with Crippen molar-refractivity contribution in [1.82, 2.24) is 0 Å². The predicted octanol–water partition coefficient (Wildman–Crippen LogP) is 17.5. The largest absolute Gasteiger partial charge is 0.472 e. The second-order valence-electron chi connectivity index (χ2n) is 19.4. The van der Waals surface area contributed by atoms with Crippen LogP contribution in [0.1, 0.15) is 252 Å². The predicted molar refractivity (Wildman–Crippen MR) is 307 cm³/mol. The molecule has 0 saturated heterocycles. The number of hydrogen-bond donors (Lipinski definition) is 2. The fourth-order valence-corrected chi connectivity index (χ4v) is 8.68. The molecule has 0 heterocycles. The van der Waals surface area contributed by atoms with Gasteiger partial charge in [-0.05, 0) is 89.9 Å². The van der Waals surface area contributed by atoms with E-state index >= 15 is 0 Å². The highest BCUT2D eigenvalue weighted by molar-refractivity contribution is 7.47. The Balaban J connectivity index is 4.76. The zero-order chi connectivity index (χ0) is 54.1. The van der Waals surface area contributed by atoms with Gasteiger partial charge in [-0.15, -0.1) is 0 Å². The van der Waals surface area contributed by atoms with E-state index in [9.17, 15) is 28.9 Å². The van der Waals surface area contributed by atoms with Crippen molar-refractivity contribution in [1.29, 1.82) is 0 Å². The van der Waals surface area contributed by atoms with Gasteiger partial charge in [-0.1, -0.05) is 228 Å². The molecule has 3 unspecified atom stereocenters. The number of unbranched alkanes of at least 4 members (excludes halogenated alkanes) is 23. The minimum absolute atomic E-state index is 0.112. The number of carbonyl (C=O) groups excluding carboxylic acids is 3. The topological polar surface area (TPSA) is 155 Å². The van der Waals surface area contributed by atoms with E-state index in [0.29, 0.717) is 19.3 Å². The van der Waals surface area contributed by atoms with Crippen molar-refractivity contribution in [3.05, 3.63) is 85.1 Å². The average molecular weight is 1060 g/mol. The summed E-state index contributed by atoms with van der Waals surface area (Å²) in [5, 5.41) is 9.80. The number of ether oxygens (including phenoxy) is 3. The summed E-state index contributed by atoms with van der Waals surface area (Å²) in [4.78, 5) is 48.5. The van der Waals surface area contributed by atoms with Gasteiger partial charge in [0, 0.05) is 19.3 Å². The van der Waals surface area contributed by atoms with E-state index in [4.69, 9.17) is 23.3 Å². The molecule has 3 atom stereocenters. The van der Waals surface area contributed by atoms with Crippen molar-refractivity contribution in [2.75, 3.05) is 26.4 Å². The van der Waals surface area contributed by atoms with Crippen LogP contribution in [0.3, 0.4) is 0 Å². The molecular weight excluding hydrogens is 952 g/mol. The maximum Gasteiger partial charge on any atom is 0.472 e. The monoisotopic (exact) mass is 1060 g/mol. The van der Waals surface area contributed by atoms with Crippen molar-refractivity contribution in [3.8, 4) is 0 Å². The zero-order valence-electron chi connectivity index (χ0n) is 47.0. The molecular formula is C62H107O11P. The first kappa shape index (κ1) is 70.7. The molecule has 12 heteroatoms. The van der Waals surface area contributed by atoms with E-state index in [2.05, 4.69) is 106 Å². The number of phosphoric ester groups is 1. The Morgan fingerprint density at radius 3 is 1.11 bits per heavy atom. The van der Waals surface area contributed by atoms with E-state index in [1.807, 2.05) is 0 Å². The molecule has 0 aromatic rings. The van der Waals surface area contributed by atoms with Gasteiger partial charge in [0.05, 0.1) is 19.8 Å². The molecule has 2 N–H and O–H groups in total. The molecule has 0 saturated carbocycles. The molecule has 0 aliphatic carbocycles. The van der Waals surface area contributed by atoms with Crippen LogP contribution in [-0.4, -0.2) is 66.5 Å². The molecule has 0 rings (SSSR count). The molecule has 0 aliphatic heterocycles. The van der Waals surface area contributed by atoms with E-state index in [0.717, 1.165) is 96.3 Å². The van der Waals surface area contributed by atoms with Crippen LogP contribution in [0.4, 0.5) is 0 Å². The summed E-state index contributed by atoms with van der Waals surface area (Å²) in [7, 11) is -4.77. The Kier molecular flexibility index (Phi) is 53.4. The van der Waals surface area contributed by atoms with Gasteiger partial charge in [-0.3, -0.25) is 23.4 Å². The second kappa shape index (κ2) is 55.9. The SMILES string of the molecule is CC/C=C\C/C=C\C/C=C\C/C=C\CCCCC(=O)OC(COC(=O)CCCCCCCCCCCCCCCCCCCCC)COP(=O)(O)OCC(CO)OC(=O)CCCCC/C=C\C/C=C\C/C=C\CC. The normalized spacial score (nSPS) is 14.0. The van der Waals surface area contributed by atoms with E-state index in [1.165, 1.54) is 96.3 Å². The van der Waals surface area contributed by atoms with Gasteiger partial charge in [-0.2, -0.15) is 0 Å². The fourth-order valence-electron chi connectivity index (χ4n) is 7.89. The van der Waals surface area contributed by atoms with Crippen LogP contribution in [0.2, 0.25) is 0 Å². The molecule has 0 aromatic heterocycles. The standard InChI is InChI=1S/C62H107O11P/c1-4-7-10-13-16-19-22-25-27-28-29-30-32-34-36-39-42-45-48-51-60(64)69-55-59(73-62(66)53-50-47-44-41-38-35-31-26-23-20-17-14-11-8-5-2)57-71-74(67,68)70-56-58(54-63)72-61(65)52-49-46-43-40-37-33-24-21-18-15-12-9-6-3/h8-9,11-12,17-18,20-21,26,31,33,37-38,41,58-59,63H,4-7,10,13-16,19,22-25,27-30,32,34-36,39-40,42-57H2,1-3H3,(H,67,68)/b11-8-,12-9-,20-17-,21-18-,31-26-,37-33-,41-38-. The van der Waals surface area contributed by atoms with Crippen molar-refractivity contribution in [2.45, 2.75) is 264 Å². The molecule has 0 spiro atoms. The molecule has 0 radical (unpaired) electrons. The second-order valence-corrected chi connectivity index (χ2v) is 20.9. The van der Waals surface area contributed by atoms with Gasteiger partial charge in [0.25, 0.3) is 0 Å². The lowest BCUT2D eigenvalue weighted by molar-refractivity contribution is -0.161. The van der Waals surface area contributed by atoms with E-state index < -0.39 is 57.8 Å². The third kappa shape index (κ3) is 53.5. The first-order chi connectivity index (χ1) is 36.2. The van der Waals surface area contributed by atoms with E-state index in [1.54, 1.807) is 0 Å². The molecule has 0 fully saturated rings. The number of rotatable bonds is 54.